The normalized spacial score (nSPS) is 10.1. The predicted molar refractivity (Wildman–Crippen MR) is 76.2 cm³/mol. The zero-order valence-corrected chi connectivity index (χ0v) is 11.4. The summed E-state index contributed by atoms with van der Waals surface area (Å²) in [7, 11) is 0. The third kappa shape index (κ3) is 5.71. The van der Waals surface area contributed by atoms with Gasteiger partial charge >= 0.3 is 0 Å². The molecule has 0 aromatic heterocycles. The van der Waals surface area contributed by atoms with Gasteiger partial charge in [0.1, 0.15) is 0 Å². The van der Waals surface area contributed by atoms with Crippen molar-refractivity contribution in [3.63, 3.8) is 0 Å². The van der Waals surface area contributed by atoms with Crippen LogP contribution in [-0.2, 0) is 4.79 Å². The first-order valence-corrected chi connectivity index (χ1v) is 6.70. The first kappa shape index (κ1) is 16.0. The fraction of sp³-hybridized carbons (Fsp3) is 0.429. The summed E-state index contributed by atoms with van der Waals surface area (Å²) in [5, 5.41) is 11.1. The Morgan fingerprint density at radius 2 is 1.80 bits per heavy atom. The fourth-order valence-corrected chi connectivity index (χ4v) is 1.82. The van der Waals surface area contributed by atoms with Crippen LogP contribution in [0.3, 0.4) is 0 Å². The number of rotatable bonds is 8. The quantitative estimate of drug-likeness (QED) is 0.250. The van der Waals surface area contributed by atoms with Crippen molar-refractivity contribution in [2.75, 3.05) is 12.3 Å². The SMILES string of the molecule is Nc1ccccc1C(=O)NCCCCCCC(=O)NO. The lowest BCUT2D eigenvalue weighted by molar-refractivity contribution is -0.129. The minimum absolute atomic E-state index is 0.164. The van der Waals surface area contributed by atoms with E-state index in [1.54, 1.807) is 29.7 Å². The van der Waals surface area contributed by atoms with Crippen LogP contribution in [0.25, 0.3) is 0 Å². The van der Waals surface area contributed by atoms with E-state index in [1.165, 1.54) is 0 Å². The Balaban J connectivity index is 2.11. The number of nitrogens with one attached hydrogen (secondary N) is 2. The van der Waals surface area contributed by atoms with Crippen LogP contribution in [-0.4, -0.2) is 23.6 Å². The van der Waals surface area contributed by atoms with E-state index in [1.807, 2.05) is 0 Å². The number of nitrogen functional groups attached to an aromatic ring is 1. The Labute approximate surface area is 118 Å². The third-order valence-electron chi connectivity index (χ3n) is 2.95. The van der Waals surface area contributed by atoms with Gasteiger partial charge in [-0.1, -0.05) is 25.0 Å². The maximum absolute atomic E-state index is 11.8. The molecule has 0 bridgehead atoms. The molecule has 0 saturated carbocycles. The van der Waals surface area contributed by atoms with E-state index in [-0.39, 0.29) is 11.8 Å². The number of hydroxylamine groups is 1. The maximum atomic E-state index is 11.8. The number of para-hydroxylation sites is 1. The van der Waals surface area contributed by atoms with Crippen molar-refractivity contribution in [1.29, 1.82) is 0 Å². The van der Waals surface area contributed by atoms with Crippen molar-refractivity contribution < 1.29 is 14.8 Å². The van der Waals surface area contributed by atoms with Gasteiger partial charge in [-0.05, 0) is 25.0 Å². The first-order valence-electron chi connectivity index (χ1n) is 6.70. The van der Waals surface area contributed by atoms with Gasteiger partial charge in [-0.3, -0.25) is 14.8 Å². The number of carbonyl (C=O) groups is 2. The molecule has 5 N–H and O–H groups in total. The number of amides is 2. The van der Waals surface area contributed by atoms with Crippen molar-refractivity contribution in [3.8, 4) is 0 Å². The molecule has 6 nitrogen and oxygen atoms in total. The number of anilines is 1. The minimum atomic E-state index is -0.363. The number of hydrogen-bond acceptors (Lipinski definition) is 4. The number of benzene rings is 1. The second kappa shape index (κ2) is 8.92. The van der Waals surface area contributed by atoms with Crippen molar-refractivity contribution in [3.05, 3.63) is 29.8 Å². The van der Waals surface area contributed by atoms with E-state index >= 15 is 0 Å². The zero-order chi connectivity index (χ0) is 14.8. The highest BCUT2D eigenvalue weighted by Crippen LogP contribution is 2.10. The molecule has 1 aromatic rings. The van der Waals surface area contributed by atoms with E-state index < -0.39 is 0 Å². The Morgan fingerprint density at radius 3 is 2.50 bits per heavy atom. The molecule has 2 amide bonds. The molecule has 0 radical (unpaired) electrons. The van der Waals surface area contributed by atoms with Gasteiger partial charge in [0.15, 0.2) is 0 Å². The molecule has 0 aliphatic carbocycles. The average Bonchev–Trinajstić information content (AvgIpc) is 2.46. The van der Waals surface area contributed by atoms with Crippen molar-refractivity contribution in [2.45, 2.75) is 32.1 Å². The highest BCUT2D eigenvalue weighted by Gasteiger charge is 2.07. The lowest BCUT2D eigenvalue weighted by atomic mass is 10.1. The summed E-state index contributed by atoms with van der Waals surface area (Å²) in [6.07, 6.45) is 3.70. The number of unbranched alkanes of at least 4 members (excludes halogenated alkanes) is 3. The molecule has 0 atom stereocenters. The summed E-state index contributed by atoms with van der Waals surface area (Å²) >= 11 is 0. The highest BCUT2D eigenvalue weighted by atomic mass is 16.5. The van der Waals surface area contributed by atoms with Crippen LogP contribution in [0, 0.1) is 0 Å². The molecule has 110 valence electrons. The molecule has 0 spiro atoms. The van der Waals surface area contributed by atoms with Crippen molar-refractivity contribution in [1.82, 2.24) is 10.8 Å². The molecular formula is C14H21N3O3. The van der Waals surface area contributed by atoms with Gasteiger partial charge in [0, 0.05) is 18.7 Å². The molecule has 0 saturated heterocycles. The molecule has 1 rings (SSSR count). The smallest absolute Gasteiger partial charge is 0.253 e. The summed E-state index contributed by atoms with van der Waals surface area (Å²) in [4.78, 5) is 22.6. The Bertz CT molecular complexity index is 449. The summed E-state index contributed by atoms with van der Waals surface area (Å²) in [6.45, 7) is 0.583. The second-order valence-corrected chi connectivity index (χ2v) is 4.54. The molecule has 0 aliphatic rings. The van der Waals surface area contributed by atoms with Gasteiger partial charge in [0.25, 0.3) is 5.91 Å². The average molecular weight is 279 g/mol. The number of nitrogens with two attached hydrogens (primary N) is 1. The zero-order valence-electron chi connectivity index (χ0n) is 11.4. The van der Waals surface area contributed by atoms with Gasteiger partial charge in [0.05, 0.1) is 5.56 Å². The van der Waals surface area contributed by atoms with Crippen LogP contribution in [0.5, 0.6) is 0 Å². The Hall–Kier alpha value is -2.08. The van der Waals surface area contributed by atoms with Crippen LogP contribution in [0.4, 0.5) is 5.69 Å². The van der Waals surface area contributed by atoms with E-state index in [4.69, 9.17) is 10.9 Å². The molecule has 6 heteroatoms. The Kier molecular flexibility index (Phi) is 7.13. The second-order valence-electron chi connectivity index (χ2n) is 4.54. The van der Waals surface area contributed by atoms with Gasteiger partial charge in [-0.2, -0.15) is 0 Å². The van der Waals surface area contributed by atoms with Crippen molar-refractivity contribution in [2.24, 2.45) is 0 Å². The molecule has 1 aromatic carbocycles. The molecule has 0 fully saturated rings. The lowest BCUT2D eigenvalue weighted by Gasteiger charge is -2.07. The van der Waals surface area contributed by atoms with E-state index in [9.17, 15) is 9.59 Å². The van der Waals surface area contributed by atoms with Gasteiger partial charge < -0.3 is 11.1 Å². The minimum Gasteiger partial charge on any atom is -0.398 e. The largest absolute Gasteiger partial charge is 0.398 e. The predicted octanol–water partition coefficient (Wildman–Crippen LogP) is 1.45. The van der Waals surface area contributed by atoms with E-state index in [0.717, 1.165) is 25.7 Å². The molecule has 20 heavy (non-hydrogen) atoms. The Morgan fingerprint density at radius 1 is 1.10 bits per heavy atom. The maximum Gasteiger partial charge on any atom is 0.253 e. The van der Waals surface area contributed by atoms with Crippen LogP contribution < -0.4 is 16.5 Å². The van der Waals surface area contributed by atoms with Gasteiger partial charge in [0.2, 0.25) is 5.91 Å². The molecule has 0 aliphatic heterocycles. The van der Waals surface area contributed by atoms with Crippen LogP contribution >= 0.6 is 0 Å². The van der Waals surface area contributed by atoms with E-state index in [0.29, 0.717) is 24.2 Å². The van der Waals surface area contributed by atoms with Crippen LogP contribution in [0.1, 0.15) is 42.5 Å². The first-order chi connectivity index (χ1) is 9.65. The summed E-state index contributed by atoms with van der Waals surface area (Å²) in [6, 6.07) is 6.95. The lowest BCUT2D eigenvalue weighted by Crippen LogP contribution is -2.25. The topological polar surface area (TPSA) is 104 Å². The van der Waals surface area contributed by atoms with Gasteiger partial charge in [-0.25, -0.2) is 5.48 Å². The summed E-state index contributed by atoms with van der Waals surface area (Å²) in [5.74, 6) is -0.527. The number of hydrogen-bond donors (Lipinski definition) is 4. The van der Waals surface area contributed by atoms with Crippen LogP contribution in [0.15, 0.2) is 24.3 Å². The monoisotopic (exact) mass is 279 g/mol. The summed E-state index contributed by atoms with van der Waals surface area (Å²) in [5.41, 5.74) is 8.28. The number of carbonyl (C=O) groups excluding carboxylic acids is 2. The molecule has 0 heterocycles. The fourth-order valence-electron chi connectivity index (χ4n) is 1.82. The van der Waals surface area contributed by atoms with E-state index in [2.05, 4.69) is 5.32 Å². The van der Waals surface area contributed by atoms with Crippen LogP contribution in [0.2, 0.25) is 0 Å². The summed E-state index contributed by atoms with van der Waals surface area (Å²) < 4.78 is 0. The molecular weight excluding hydrogens is 258 g/mol. The standard InChI is InChI=1S/C14H21N3O3/c15-12-8-5-4-7-11(12)14(19)16-10-6-2-1-3-9-13(18)17-20/h4-5,7-8,20H,1-3,6,9-10,15H2,(H,16,19)(H,17,18). The molecule has 0 unspecified atom stereocenters. The third-order valence-corrected chi connectivity index (χ3v) is 2.95. The van der Waals surface area contributed by atoms with Gasteiger partial charge in [-0.15, -0.1) is 0 Å². The van der Waals surface area contributed by atoms with Crippen molar-refractivity contribution >= 4 is 17.5 Å². The highest BCUT2D eigenvalue weighted by molar-refractivity contribution is 5.98.